The van der Waals surface area contributed by atoms with Crippen molar-refractivity contribution in [1.29, 1.82) is 0 Å². The first-order chi connectivity index (χ1) is 28.0. The van der Waals surface area contributed by atoms with Crippen LogP contribution in [0.4, 0.5) is 0 Å². The van der Waals surface area contributed by atoms with Crippen molar-refractivity contribution >= 4 is 68.0 Å². The maximum Gasteiger partial charge on any atom is 0.336 e. The van der Waals surface area contributed by atoms with Gasteiger partial charge in [0.1, 0.15) is 0 Å². The van der Waals surface area contributed by atoms with Gasteiger partial charge in [-0.1, -0.05) is 97.1 Å². The molecule has 0 radical (unpaired) electrons. The Bertz CT molecular complexity index is 2870. The fourth-order valence-electron chi connectivity index (χ4n) is 6.77. The predicted octanol–water partition coefficient (Wildman–Crippen LogP) is 6.60. The first kappa shape index (κ1) is 38.1. The summed E-state index contributed by atoms with van der Waals surface area (Å²) >= 11 is 0. The maximum atomic E-state index is 10.8. The normalized spacial score (nSPS) is 11.1. The quantitative estimate of drug-likeness (QED) is 0.136. The molecule has 2 aliphatic heterocycles. The number of hydrogen-bond acceptors (Lipinski definition) is 10. The SMILES string of the molecule is O=C(O)c1cc(C(=O)O)c(C(=O)O)cc1C(=O)O.[Hf].c1ccc2c(c1)-c1nc-2nc2[n-]c(nc3nc(nc4[n-]c(n1)c1ccccc41)-c1ccccc1-3)c1ccccc21. The second-order valence-electron chi connectivity index (χ2n) is 12.8. The summed E-state index contributed by atoms with van der Waals surface area (Å²) in [4.78, 5) is 82.4. The molecule has 284 valence electrons. The smallest absolute Gasteiger partial charge is 0.336 e. The van der Waals surface area contributed by atoms with Crippen LogP contribution in [-0.2, 0) is 25.8 Å². The van der Waals surface area contributed by atoms with E-state index in [1.807, 2.05) is 97.1 Å². The van der Waals surface area contributed by atoms with Crippen molar-refractivity contribution in [1.82, 2.24) is 39.9 Å². The minimum absolute atomic E-state index is 0. The molecule has 2 aliphatic rings. The van der Waals surface area contributed by atoms with Gasteiger partial charge in [0.25, 0.3) is 0 Å². The van der Waals surface area contributed by atoms with Gasteiger partial charge in [-0.2, -0.15) is 0 Å². The van der Waals surface area contributed by atoms with E-state index in [4.69, 9.17) is 60.3 Å². The molecule has 0 aliphatic carbocycles. The van der Waals surface area contributed by atoms with Gasteiger partial charge in [0.05, 0.1) is 45.6 Å². The van der Waals surface area contributed by atoms with Gasteiger partial charge in [-0.3, -0.25) is 0 Å². The Morgan fingerprint density at radius 3 is 0.797 bits per heavy atom. The Morgan fingerprint density at radius 2 is 0.576 bits per heavy atom. The number of carboxylic acids is 4. The third-order valence-corrected chi connectivity index (χ3v) is 9.41. The summed E-state index contributed by atoms with van der Waals surface area (Å²) in [5.74, 6) is -4.43. The van der Waals surface area contributed by atoms with Gasteiger partial charge >= 0.3 is 23.9 Å². The summed E-state index contributed by atoms with van der Waals surface area (Å²) in [7, 11) is 0. The molecule has 0 saturated heterocycles. The molecule has 16 nitrogen and oxygen atoms in total. The van der Waals surface area contributed by atoms with E-state index in [0.717, 1.165) is 43.8 Å². The largest absolute Gasteiger partial charge is 0.478 e. The second kappa shape index (κ2) is 14.9. The van der Waals surface area contributed by atoms with Crippen molar-refractivity contribution in [3.05, 3.63) is 131 Å². The molecule has 59 heavy (non-hydrogen) atoms. The first-order valence-electron chi connectivity index (χ1n) is 17.3. The topological polar surface area (TPSA) is 255 Å². The molecule has 0 saturated carbocycles. The van der Waals surface area contributed by atoms with Crippen molar-refractivity contribution in [2.24, 2.45) is 0 Å². The van der Waals surface area contributed by atoms with Gasteiger partial charge in [-0.15, -0.1) is 0 Å². The van der Waals surface area contributed by atoms with Crippen molar-refractivity contribution in [2.75, 3.05) is 0 Å². The summed E-state index contributed by atoms with van der Waals surface area (Å²) < 4.78 is 0. The van der Waals surface area contributed by atoms with Crippen LogP contribution >= 0.6 is 0 Å². The molecule has 10 rings (SSSR count). The Kier molecular flexibility index (Phi) is 9.65. The van der Waals surface area contributed by atoms with Gasteiger partial charge in [0.2, 0.25) is 0 Å². The summed E-state index contributed by atoms with van der Waals surface area (Å²) in [5.41, 5.74) is 2.63. The summed E-state index contributed by atoms with van der Waals surface area (Å²) in [6.45, 7) is 0. The van der Waals surface area contributed by atoms with Crippen molar-refractivity contribution < 1.29 is 65.4 Å². The second-order valence-corrected chi connectivity index (χ2v) is 12.8. The van der Waals surface area contributed by atoms with E-state index in [1.165, 1.54) is 0 Å². The van der Waals surface area contributed by atoms with Crippen LogP contribution in [0.5, 0.6) is 0 Å². The Morgan fingerprint density at radius 1 is 0.356 bits per heavy atom. The van der Waals surface area contributed by atoms with E-state index < -0.39 is 46.1 Å². The van der Waals surface area contributed by atoms with E-state index in [-0.39, 0.29) is 25.8 Å². The van der Waals surface area contributed by atoms with E-state index >= 15 is 0 Å². The van der Waals surface area contributed by atoms with Crippen LogP contribution in [0.3, 0.4) is 0 Å². The fourth-order valence-corrected chi connectivity index (χ4v) is 6.77. The fraction of sp³-hybridized carbons (Fsp3) is 0. The maximum absolute atomic E-state index is 10.8. The third-order valence-electron chi connectivity index (χ3n) is 9.41. The number of nitrogens with zero attached hydrogens (tertiary/aromatic N) is 8. The van der Waals surface area contributed by atoms with Gasteiger partial charge in [-0.05, 0) is 33.7 Å². The number of hydrogen-bond donors (Lipinski definition) is 4. The Hall–Kier alpha value is -7.79. The van der Waals surface area contributed by atoms with Crippen LogP contribution in [0, 0.1) is 0 Å². The number of rotatable bonds is 4. The molecule has 5 heterocycles. The molecule has 8 bridgehead atoms. The number of carboxylic acid groups (broad SMARTS) is 4. The van der Waals surface area contributed by atoms with E-state index in [1.54, 1.807) is 0 Å². The molecule has 0 fully saturated rings. The summed E-state index contributed by atoms with van der Waals surface area (Å²) in [6.07, 6.45) is 0. The van der Waals surface area contributed by atoms with E-state index in [2.05, 4.69) is 0 Å². The monoisotopic (exact) mass is 946 g/mol. The summed E-state index contributed by atoms with van der Waals surface area (Å²) in [5, 5.41) is 38.6. The number of fused-ring (bicyclic) bond motifs is 20. The molecule has 0 atom stereocenters. The average molecular weight is 945 g/mol. The van der Waals surface area contributed by atoms with Crippen molar-refractivity contribution in [2.45, 2.75) is 0 Å². The number of aromatic carboxylic acids is 4. The standard InChI is InChI=1S/C32H16N8.C10H6O8.Hf/c1-2-10-18-17(9-1)25-33-26(18)38-28-21-13-5-6-14-22(21)30(35-28)40-32-24-16-8-7-15-23(24)31(36-32)39-29-20-12-4-3-11-19(20)27(34-29)37-25;11-7(12)3-1-4(8(13)14)6(10(17)18)2-5(3)9(15)16;/h1-16H;1-2H,(H,11,12)(H,13,14)(H,15,16)(H,17,18);/q-2;;. The van der Waals surface area contributed by atoms with Gasteiger partial charge < -0.3 is 50.3 Å². The zero-order chi connectivity index (χ0) is 40.2. The molecule has 0 unspecified atom stereocenters. The molecular formula is C42H22HfN8O8-2. The van der Waals surface area contributed by atoms with Gasteiger partial charge in [0.15, 0.2) is 0 Å². The third kappa shape index (κ3) is 6.68. The molecular weight excluding hydrogens is 923 g/mol. The van der Waals surface area contributed by atoms with Crippen LogP contribution in [0.15, 0.2) is 109 Å². The Labute approximate surface area is 348 Å². The Balaban J connectivity index is 0.000000217. The minimum atomic E-state index is -1.66. The molecule has 4 N–H and O–H groups in total. The number of carbonyl (C=O) groups is 4. The predicted molar refractivity (Wildman–Crippen MR) is 208 cm³/mol. The van der Waals surface area contributed by atoms with Crippen molar-refractivity contribution in [3.8, 4) is 45.6 Å². The molecule has 0 amide bonds. The number of aromatic nitrogens is 8. The van der Waals surface area contributed by atoms with Crippen LogP contribution in [0.1, 0.15) is 41.4 Å². The molecule has 17 heteroatoms. The molecule has 0 spiro atoms. The van der Waals surface area contributed by atoms with Crippen molar-refractivity contribution in [3.63, 3.8) is 0 Å². The van der Waals surface area contributed by atoms with Crippen LogP contribution in [-0.4, -0.2) is 74.2 Å². The molecule has 3 aromatic heterocycles. The minimum Gasteiger partial charge on any atom is -0.478 e. The molecule has 5 aromatic carbocycles. The zero-order valence-electron chi connectivity index (χ0n) is 29.9. The first-order valence-corrected chi connectivity index (χ1v) is 17.3. The van der Waals surface area contributed by atoms with E-state index in [0.29, 0.717) is 58.0 Å². The van der Waals surface area contributed by atoms with Crippen LogP contribution in [0.25, 0.3) is 89.7 Å². The average Bonchev–Trinajstić information content (AvgIpc) is 3.96. The zero-order valence-corrected chi connectivity index (χ0v) is 33.5. The van der Waals surface area contributed by atoms with Gasteiger partial charge in [0, 0.05) is 70.7 Å². The van der Waals surface area contributed by atoms with Crippen LogP contribution < -0.4 is 9.97 Å². The molecule has 8 aromatic rings. The summed E-state index contributed by atoms with van der Waals surface area (Å²) in [6, 6.07) is 32.9. The van der Waals surface area contributed by atoms with Crippen LogP contribution in [0.2, 0.25) is 0 Å². The van der Waals surface area contributed by atoms with Gasteiger partial charge in [-0.25, -0.2) is 29.1 Å². The number of benzene rings is 5. The van der Waals surface area contributed by atoms with E-state index in [9.17, 15) is 19.2 Å².